The van der Waals surface area contributed by atoms with Gasteiger partial charge in [-0.3, -0.25) is 0 Å². The van der Waals surface area contributed by atoms with E-state index in [2.05, 4.69) is 22.6 Å². The molecule has 0 unspecified atom stereocenters. The summed E-state index contributed by atoms with van der Waals surface area (Å²) in [6.45, 7) is 0. The average molecular weight is 285 g/mol. The quantitative estimate of drug-likeness (QED) is 0.577. The third-order valence-electron chi connectivity index (χ3n) is 1.97. The lowest BCUT2D eigenvalue weighted by Crippen LogP contribution is -1.84. The molecule has 2 nitrogen and oxygen atoms in total. The summed E-state index contributed by atoms with van der Waals surface area (Å²) in [6.07, 6.45) is 0. The number of hydrogen-bond acceptors (Lipinski definition) is 2. The first-order chi connectivity index (χ1) is 6.18. The van der Waals surface area contributed by atoms with E-state index in [4.69, 9.17) is 5.73 Å². The predicted octanol–water partition coefficient (Wildman–Crippen LogP) is 2.73. The van der Waals surface area contributed by atoms with Crippen molar-refractivity contribution in [3.8, 4) is 5.75 Å². The first-order valence-electron chi connectivity index (χ1n) is 3.85. The standard InChI is InChI=1S/C10H8INO/c11-9-4-2-6-1-3-7(12)5-8(6)10(9)13/h1-5,13H,12H2. The van der Waals surface area contributed by atoms with Crippen LogP contribution in [0.25, 0.3) is 10.8 Å². The van der Waals surface area contributed by atoms with Crippen LogP contribution in [0.15, 0.2) is 30.3 Å². The van der Waals surface area contributed by atoms with Gasteiger partial charge in [-0.2, -0.15) is 0 Å². The van der Waals surface area contributed by atoms with Gasteiger partial charge in [0, 0.05) is 11.1 Å². The number of fused-ring (bicyclic) bond motifs is 1. The Morgan fingerprint density at radius 1 is 1.15 bits per heavy atom. The zero-order chi connectivity index (χ0) is 9.42. The molecule has 0 saturated heterocycles. The van der Waals surface area contributed by atoms with Gasteiger partial charge >= 0.3 is 0 Å². The zero-order valence-electron chi connectivity index (χ0n) is 6.79. The van der Waals surface area contributed by atoms with Gasteiger partial charge < -0.3 is 10.8 Å². The lowest BCUT2D eigenvalue weighted by molar-refractivity contribution is 0.478. The fourth-order valence-electron chi connectivity index (χ4n) is 1.29. The van der Waals surface area contributed by atoms with Gasteiger partial charge in [-0.25, -0.2) is 0 Å². The third-order valence-corrected chi connectivity index (χ3v) is 2.84. The third kappa shape index (κ3) is 1.44. The molecular weight excluding hydrogens is 277 g/mol. The molecule has 0 atom stereocenters. The SMILES string of the molecule is Nc1ccc2ccc(I)c(O)c2c1. The minimum Gasteiger partial charge on any atom is -0.506 e. The molecule has 2 aromatic rings. The van der Waals surface area contributed by atoms with E-state index in [0.29, 0.717) is 11.4 Å². The maximum atomic E-state index is 9.72. The molecule has 0 bridgehead atoms. The number of phenolic OH excluding ortho intramolecular Hbond substituents is 1. The molecule has 0 saturated carbocycles. The largest absolute Gasteiger partial charge is 0.506 e. The summed E-state index contributed by atoms with van der Waals surface area (Å²) in [5.41, 5.74) is 6.30. The highest BCUT2D eigenvalue weighted by atomic mass is 127. The van der Waals surface area contributed by atoms with Gasteiger partial charge in [0.25, 0.3) is 0 Å². The van der Waals surface area contributed by atoms with Gasteiger partial charge in [-0.1, -0.05) is 12.1 Å². The molecular formula is C10H8INO. The van der Waals surface area contributed by atoms with Crippen LogP contribution < -0.4 is 5.73 Å². The molecule has 0 fully saturated rings. The molecule has 66 valence electrons. The first-order valence-corrected chi connectivity index (χ1v) is 4.93. The van der Waals surface area contributed by atoms with Crippen LogP contribution in [-0.2, 0) is 0 Å². The van der Waals surface area contributed by atoms with Crippen LogP contribution in [0, 0.1) is 3.57 Å². The number of nitrogens with two attached hydrogens (primary N) is 1. The van der Waals surface area contributed by atoms with Crippen molar-refractivity contribution in [2.24, 2.45) is 0 Å². The Labute approximate surface area is 89.5 Å². The first kappa shape index (κ1) is 8.62. The second kappa shape index (κ2) is 3.06. The van der Waals surface area contributed by atoms with Gasteiger partial charge in [-0.15, -0.1) is 0 Å². The van der Waals surface area contributed by atoms with Crippen LogP contribution in [0.3, 0.4) is 0 Å². The molecule has 0 heterocycles. The molecule has 0 aliphatic heterocycles. The summed E-state index contributed by atoms with van der Waals surface area (Å²) in [7, 11) is 0. The summed E-state index contributed by atoms with van der Waals surface area (Å²) < 4.78 is 0.843. The highest BCUT2D eigenvalue weighted by molar-refractivity contribution is 14.1. The Kier molecular flexibility index (Phi) is 2.03. The van der Waals surface area contributed by atoms with E-state index in [0.717, 1.165) is 14.3 Å². The van der Waals surface area contributed by atoms with Crippen molar-refractivity contribution in [3.63, 3.8) is 0 Å². The van der Waals surface area contributed by atoms with Crippen molar-refractivity contribution in [1.29, 1.82) is 0 Å². The van der Waals surface area contributed by atoms with Crippen LogP contribution in [0.5, 0.6) is 5.75 Å². The second-order valence-corrected chi connectivity index (χ2v) is 4.04. The molecule has 0 aromatic heterocycles. The van der Waals surface area contributed by atoms with Crippen LogP contribution in [-0.4, -0.2) is 5.11 Å². The number of phenols is 1. The van der Waals surface area contributed by atoms with Crippen molar-refractivity contribution in [2.75, 3.05) is 5.73 Å². The van der Waals surface area contributed by atoms with E-state index in [1.54, 1.807) is 6.07 Å². The number of rotatable bonds is 0. The van der Waals surface area contributed by atoms with E-state index < -0.39 is 0 Å². The van der Waals surface area contributed by atoms with E-state index in [-0.39, 0.29) is 0 Å². The Morgan fingerprint density at radius 2 is 1.85 bits per heavy atom. The van der Waals surface area contributed by atoms with Gasteiger partial charge in [-0.05, 0) is 46.2 Å². The molecule has 0 amide bonds. The molecule has 2 aromatic carbocycles. The summed E-state index contributed by atoms with van der Waals surface area (Å²) in [6, 6.07) is 9.37. The van der Waals surface area contributed by atoms with Gasteiger partial charge in [0.1, 0.15) is 5.75 Å². The predicted molar refractivity (Wildman–Crippen MR) is 62.7 cm³/mol. The van der Waals surface area contributed by atoms with Crippen molar-refractivity contribution in [3.05, 3.63) is 33.9 Å². The van der Waals surface area contributed by atoms with Crippen LogP contribution in [0.1, 0.15) is 0 Å². The van der Waals surface area contributed by atoms with Crippen LogP contribution >= 0.6 is 22.6 Å². The molecule has 2 rings (SSSR count). The minimum absolute atomic E-state index is 0.311. The lowest BCUT2D eigenvalue weighted by atomic mass is 10.1. The molecule has 0 spiro atoms. The van der Waals surface area contributed by atoms with E-state index >= 15 is 0 Å². The maximum Gasteiger partial charge on any atom is 0.136 e. The van der Waals surface area contributed by atoms with Gasteiger partial charge in [0.15, 0.2) is 0 Å². The molecule has 0 aliphatic carbocycles. The fraction of sp³-hybridized carbons (Fsp3) is 0. The summed E-state index contributed by atoms with van der Waals surface area (Å²) in [5.74, 6) is 0.311. The van der Waals surface area contributed by atoms with Crippen LogP contribution in [0.2, 0.25) is 0 Å². The van der Waals surface area contributed by atoms with Crippen molar-refractivity contribution in [1.82, 2.24) is 0 Å². The Bertz CT molecular complexity index is 462. The maximum absolute atomic E-state index is 9.72. The van der Waals surface area contributed by atoms with Crippen molar-refractivity contribution in [2.45, 2.75) is 0 Å². The lowest BCUT2D eigenvalue weighted by Gasteiger charge is -2.03. The smallest absolute Gasteiger partial charge is 0.136 e. The van der Waals surface area contributed by atoms with E-state index in [9.17, 15) is 5.11 Å². The number of halogens is 1. The highest BCUT2D eigenvalue weighted by Gasteiger charge is 2.03. The molecule has 0 aliphatic rings. The Hall–Kier alpha value is -0.970. The summed E-state index contributed by atoms with van der Waals surface area (Å²) >= 11 is 2.09. The van der Waals surface area contributed by atoms with E-state index in [1.165, 1.54) is 0 Å². The van der Waals surface area contributed by atoms with Crippen molar-refractivity contribution < 1.29 is 5.11 Å². The number of anilines is 1. The van der Waals surface area contributed by atoms with Crippen LogP contribution in [0.4, 0.5) is 5.69 Å². The monoisotopic (exact) mass is 285 g/mol. The molecule has 0 radical (unpaired) electrons. The van der Waals surface area contributed by atoms with Gasteiger partial charge in [0.2, 0.25) is 0 Å². The second-order valence-electron chi connectivity index (χ2n) is 2.88. The number of hydrogen-bond donors (Lipinski definition) is 2. The molecule has 3 N–H and O–H groups in total. The fourth-order valence-corrected chi connectivity index (χ4v) is 1.77. The molecule has 13 heavy (non-hydrogen) atoms. The Morgan fingerprint density at radius 3 is 2.62 bits per heavy atom. The highest BCUT2D eigenvalue weighted by Crippen LogP contribution is 2.30. The number of aromatic hydroxyl groups is 1. The number of benzene rings is 2. The van der Waals surface area contributed by atoms with Crippen molar-refractivity contribution >= 4 is 39.1 Å². The topological polar surface area (TPSA) is 46.2 Å². The normalized spacial score (nSPS) is 10.5. The minimum atomic E-state index is 0.311. The van der Waals surface area contributed by atoms with E-state index in [1.807, 2.05) is 24.3 Å². The zero-order valence-corrected chi connectivity index (χ0v) is 8.95. The molecule has 3 heteroatoms. The number of nitrogen functional groups attached to an aromatic ring is 1. The Balaban J connectivity index is 2.89. The summed E-state index contributed by atoms with van der Waals surface area (Å²) in [5, 5.41) is 11.5. The average Bonchev–Trinajstić information content (AvgIpc) is 2.12. The summed E-state index contributed by atoms with van der Waals surface area (Å²) in [4.78, 5) is 0. The van der Waals surface area contributed by atoms with Gasteiger partial charge in [0.05, 0.1) is 3.57 Å².